The van der Waals surface area contributed by atoms with Crippen molar-refractivity contribution in [3.8, 4) is 16.9 Å². The predicted octanol–water partition coefficient (Wildman–Crippen LogP) is 3.25. The fourth-order valence-corrected chi connectivity index (χ4v) is 2.35. The van der Waals surface area contributed by atoms with E-state index in [9.17, 15) is 0 Å². The van der Waals surface area contributed by atoms with Crippen LogP contribution in [-0.4, -0.2) is 22.1 Å². The molecule has 2 aromatic heterocycles. The zero-order valence-electron chi connectivity index (χ0n) is 11.2. The van der Waals surface area contributed by atoms with Crippen molar-refractivity contribution in [2.24, 2.45) is 0 Å². The van der Waals surface area contributed by atoms with E-state index in [2.05, 4.69) is 15.0 Å². The van der Waals surface area contributed by atoms with Crippen LogP contribution in [0.25, 0.3) is 22.2 Å². The number of aromatic nitrogens is 3. The molecule has 2 heterocycles. The summed E-state index contributed by atoms with van der Waals surface area (Å²) < 4.78 is 5.18. The Balaban J connectivity index is 2.19. The van der Waals surface area contributed by atoms with Gasteiger partial charge in [-0.1, -0.05) is 12.1 Å². The minimum Gasteiger partial charge on any atom is -0.497 e. The summed E-state index contributed by atoms with van der Waals surface area (Å²) in [6.45, 7) is 3.91. The molecule has 0 fully saturated rings. The fourth-order valence-electron chi connectivity index (χ4n) is 2.35. The van der Waals surface area contributed by atoms with E-state index in [4.69, 9.17) is 4.74 Å². The van der Waals surface area contributed by atoms with E-state index in [0.717, 1.165) is 39.4 Å². The number of benzene rings is 1. The highest BCUT2D eigenvalue weighted by atomic mass is 16.5. The normalized spacial score (nSPS) is 10.9. The molecule has 0 bridgehead atoms. The first-order valence-corrected chi connectivity index (χ1v) is 6.16. The van der Waals surface area contributed by atoms with Crippen molar-refractivity contribution >= 4 is 11.0 Å². The van der Waals surface area contributed by atoms with Crippen LogP contribution in [0.2, 0.25) is 0 Å². The Morgan fingerprint density at radius 2 is 1.79 bits per heavy atom. The lowest BCUT2D eigenvalue weighted by molar-refractivity contribution is 0.415. The van der Waals surface area contributed by atoms with Crippen LogP contribution >= 0.6 is 0 Å². The van der Waals surface area contributed by atoms with E-state index in [1.165, 1.54) is 0 Å². The summed E-state index contributed by atoms with van der Waals surface area (Å²) in [6, 6.07) is 8.00. The zero-order chi connectivity index (χ0) is 13.4. The first kappa shape index (κ1) is 11.7. The monoisotopic (exact) mass is 253 g/mol. The molecule has 19 heavy (non-hydrogen) atoms. The van der Waals surface area contributed by atoms with Gasteiger partial charge in [-0.15, -0.1) is 0 Å². The van der Waals surface area contributed by atoms with Crippen LogP contribution in [0.5, 0.6) is 5.75 Å². The number of aromatic amines is 1. The fraction of sp³-hybridized carbons (Fsp3) is 0.200. The third kappa shape index (κ3) is 1.95. The number of fused-ring (bicyclic) bond motifs is 1. The first-order chi connectivity index (χ1) is 9.19. The maximum atomic E-state index is 5.18. The standard InChI is InChI=1S/C15H15N3O/c1-9-14-13(8-16-15(14)18-10(2)17-9)11-4-6-12(19-3)7-5-11/h4-8H,1-3H3,(H,16,17,18). The molecule has 0 saturated heterocycles. The van der Waals surface area contributed by atoms with Gasteiger partial charge in [-0.25, -0.2) is 9.97 Å². The van der Waals surface area contributed by atoms with Crippen LogP contribution in [0.15, 0.2) is 30.5 Å². The molecule has 1 aromatic carbocycles. The second kappa shape index (κ2) is 4.39. The van der Waals surface area contributed by atoms with Crippen LogP contribution in [0.3, 0.4) is 0 Å². The van der Waals surface area contributed by atoms with Crippen molar-refractivity contribution in [2.45, 2.75) is 13.8 Å². The zero-order valence-corrected chi connectivity index (χ0v) is 11.2. The highest BCUT2D eigenvalue weighted by Gasteiger charge is 2.11. The third-order valence-electron chi connectivity index (χ3n) is 3.23. The topological polar surface area (TPSA) is 50.8 Å². The van der Waals surface area contributed by atoms with Gasteiger partial charge in [0.15, 0.2) is 0 Å². The number of rotatable bonds is 2. The van der Waals surface area contributed by atoms with E-state index in [-0.39, 0.29) is 0 Å². The molecule has 0 aliphatic rings. The molecular weight excluding hydrogens is 238 g/mol. The van der Waals surface area contributed by atoms with Crippen molar-refractivity contribution in [3.05, 3.63) is 42.0 Å². The molecule has 1 N–H and O–H groups in total. The number of ether oxygens (including phenoxy) is 1. The van der Waals surface area contributed by atoms with Crippen LogP contribution in [0, 0.1) is 13.8 Å². The molecule has 0 spiro atoms. The molecular formula is C15H15N3O. The molecule has 0 atom stereocenters. The quantitative estimate of drug-likeness (QED) is 0.762. The average molecular weight is 253 g/mol. The number of hydrogen-bond acceptors (Lipinski definition) is 3. The highest BCUT2D eigenvalue weighted by molar-refractivity contribution is 5.95. The molecule has 3 rings (SSSR count). The van der Waals surface area contributed by atoms with Crippen LogP contribution in [-0.2, 0) is 0 Å². The van der Waals surface area contributed by atoms with Gasteiger partial charge in [0.25, 0.3) is 0 Å². The van der Waals surface area contributed by atoms with Crippen molar-refractivity contribution in [1.29, 1.82) is 0 Å². The van der Waals surface area contributed by atoms with E-state index < -0.39 is 0 Å². The summed E-state index contributed by atoms with van der Waals surface area (Å²) in [7, 11) is 1.67. The maximum absolute atomic E-state index is 5.18. The minimum absolute atomic E-state index is 0.785. The Labute approximate surface area is 111 Å². The smallest absolute Gasteiger partial charge is 0.141 e. The lowest BCUT2D eigenvalue weighted by Crippen LogP contribution is -1.92. The largest absolute Gasteiger partial charge is 0.497 e. The number of nitrogens with one attached hydrogen (secondary N) is 1. The van der Waals surface area contributed by atoms with Gasteiger partial charge in [-0.2, -0.15) is 0 Å². The van der Waals surface area contributed by atoms with Gasteiger partial charge in [-0.05, 0) is 31.5 Å². The van der Waals surface area contributed by atoms with Gasteiger partial charge in [0, 0.05) is 17.1 Å². The molecule has 4 heteroatoms. The van der Waals surface area contributed by atoms with E-state index in [0.29, 0.717) is 0 Å². The summed E-state index contributed by atoms with van der Waals surface area (Å²) in [5, 5.41) is 1.08. The Morgan fingerprint density at radius 1 is 1.05 bits per heavy atom. The van der Waals surface area contributed by atoms with Crippen LogP contribution in [0.4, 0.5) is 0 Å². The molecule has 0 unspecified atom stereocenters. The van der Waals surface area contributed by atoms with Gasteiger partial charge in [0.05, 0.1) is 12.8 Å². The second-order valence-electron chi connectivity index (χ2n) is 4.51. The van der Waals surface area contributed by atoms with E-state index in [1.807, 2.05) is 44.3 Å². The average Bonchev–Trinajstić information content (AvgIpc) is 2.83. The Bertz CT molecular complexity index is 729. The lowest BCUT2D eigenvalue weighted by atomic mass is 10.0. The molecule has 0 aliphatic carbocycles. The summed E-state index contributed by atoms with van der Waals surface area (Å²) in [5.74, 6) is 1.64. The third-order valence-corrected chi connectivity index (χ3v) is 3.23. The van der Waals surface area contributed by atoms with Crippen LogP contribution < -0.4 is 4.74 Å². The Morgan fingerprint density at radius 3 is 2.47 bits per heavy atom. The molecule has 0 radical (unpaired) electrons. The Kier molecular flexibility index (Phi) is 2.71. The molecule has 0 amide bonds. The predicted molar refractivity (Wildman–Crippen MR) is 75.4 cm³/mol. The van der Waals surface area contributed by atoms with Crippen LogP contribution in [0.1, 0.15) is 11.5 Å². The molecule has 3 aromatic rings. The van der Waals surface area contributed by atoms with E-state index >= 15 is 0 Å². The number of hydrogen-bond donors (Lipinski definition) is 1. The van der Waals surface area contributed by atoms with Gasteiger partial charge >= 0.3 is 0 Å². The number of nitrogens with zero attached hydrogens (tertiary/aromatic N) is 2. The molecule has 0 saturated carbocycles. The summed E-state index contributed by atoms with van der Waals surface area (Å²) in [5.41, 5.74) is 4.13. The maximum Gasteiger partial charge on any atom is 0.141 e. The number of H-pyrrole nitrogens is 1. The minimum atomic E-state index is 0.785. The van der Waals surface area contributed by atoms with Crippen molar-refractivity contribution in [3.63, 3.8) is 0 Å². The van der Waals surface area contributed by atoms with Gasteiger partial charge < -0.3 is 9.72 Å². The summed E-state index contributed by atoms with van der Waals surface area (Å²) in [6.07, 6.45) is 1.98. The molecule has 96 valence electrons. The Hall–Kier alpha value is -2.36. The highest BCUT2D eigenvalue weighted by Crippen LogP contribution is 2.30. The van der Waals surface area contributed by atoms with Gasteiger partial charge in [0.2, 0.25) is 0 Å². The SMILES string of the molecule is COc1ccc(-c2c[nH]c3nc(C)nc(C)c23)cc1. The van der Waals surface area contributed by atoms with Crippen molar-refractivity contribution < 1.29 is 4.74 Å². The summed E-state index contributed by atoms with van der Waals surface area (Å²) in [4.78, 5) is 12.1. The molecule has 4 nitrogen and oxygen atoms in total. The summed E-state index contributed by atoms with van der Waals surface area (Å²) >= 11 is 0. The molecule has 0 aliphatic heterocycles. The lowest BCUT2D eigenvalue weighted by Gasteiger charge is -2.04. The second-order valence-corrected chi connectivity index (χ2v) is 4.51. The van der Waals surface area contributed by atoms with E-state index in [1.54, 1.807) is 7.11 Å². The first-order valence-electron chi connectivity index (χ1n) is 6.16. The van der Waals surface area contributed by atoms with Crippen molar-refractivity contribution in [2.75, 3.05) is 7.11 Å². The van der Waals surface area contributed by atoms with Gasteiger partial charge in [0.1, 0.15) is 17.2 Å². The number of aryl methyl sites for hydroxylation is 2. The van der Waals surface area contributed by atoms with Gasteiger partial charge in [-0.3, -0.25) is 0 Å². The van der Waals surface area contributed by atoms with Crippen molar-refractivity contribution in [1.82, 2.24) is 15.0 Å². The number of methoxy groups -OCH3 is 1.